The average Bonchev–Trinajstić information content (AvgIpc) is 2.62. The van der Waals surface area contributed by atoms with E-state index >= 15 is 0 Å². The summed E-state index contributed by atoms with van der Waals surface area (Å²) in [6, 6.07) is 14.0. The molecule has 7 nitrogen and oxygen atoms in total. The molecule has 132 valence electrons. The number of carbonyl (C=O) groups is 1. The number of esters is 1. The molecule has 0 saturated carbocycles. The van der Waals surface area contributed by atoms with Crippen LogP contribution in [-0.4, -0.2) is 20.9 Å². The quantitative estimate of drug-likeness (QED) is 0.586. The van der Waals surface area contributed by atoms with Gasteiger partial charge in [0.1, 0.15) is 0 Å². The number of rotatable bonds is 5. The molecule has 2 aromatic carbocycles. The molecular weight excluding hydrogens is 422 g/mol. The van der Waals surface area contributed by atoms with E-state index in [1.54, 1.807) is 42.5 Å². The summed E-state index contributed by atoms with van der Waals surface area (Å²) in [7, 11) is 0. The Hall–Kier alpha value is -2.71. The van der Waals surface area contributed by atoms with Crippen LogP contribution < -0.4 is 11.1 Å². The fraction of sp³-hybridized carbons (Fsp3) is 0.0588. The highest BCUT2D eigenvalue weighted by Crippen LogP contribution is 2.19. The Bertz CT molecular complexity index is 937. The summed E-state index contributed by atoms with van der Waals surface area (Å²) in [5.41, 5.74) is 6.85. The van der Waals surface area contributed by atoms with Crippen LogP contribution in [0, 0.1) is 0 Å². The van der Waals surface area contributed by atoms with Crippen LogP contribution in [0.3, 0.4) is 0 Å². The van der Waals surface area contributed by atoms with Crippen LogP contribution in [-0.2, 0) is 11.3 Å². The third-order valence-corrected chi connectivity index (χ3v) is 4.17. The molecule has 3 rings (SSSR count). The van der Waals surface area contributed by atoms with Crippen molar-refractivity contribution in [1.29, 1.82) is 0 Å². The minimum Gasteiger partial charge on any atom is -0.454 e. The maximum atomic E-state index is 12.1. The molecule has 3 N–H and O–H groups in total. The van der Waals surface area contributed by atoms with Crippen LogP contribution in [0.1, 0.15) is 16.2 Å². The number of halogens is 2. The monoisotopic (exact) mass is 433 g/mol. The molecule has 0 aliphatic rings. The normalized spacial score (nSPS) is 10.4. The van der Waals surface area contributed by atoms with Crippen molar-refractivity contribution in [2.45, 2.75) is 6.61 Å². The molecule has 0 amide bonds. The third-order valence-electron chi connectivity index (χ3n) is 3.23. The van der Waals surface area contributed by atoms with Gasteiger partial charge >= 0.3 is 5.97 Å². The second kappa shape index (κ2) is 8.11. The number of aromatic nitrogens is 3. The topological polar surface area (TPSA) is 103 Å². The molecule has 0 fully saturated rings. The zero-order valence-corrected chi connectivity index (χ0v) is 15.7. The number of ether oxygens (including phenoxy) is 1. The van der Waals surface area contributed by atoms with Crippen LogP contribution in [0.4, 0.5) is 17.6 Å². The van der Waals surface area contributed by atoms with Crippen LogP contribution >= 0.6 is 27.5 Å². The standard InChI is InChI=1S/C17H13BrClN5O2/c18-13-4-2-1-3-12(13)15(25)26-9-14-22-16(20)24-17(23-14)21-11-7-5-10(19)6-8-11/h1-8H,9H2,(H3,20,21,22,23,24). The summed E-state index contributed by atoms with van der Waals surface area (Å²) in [4.78, 5) is 24.4. The SMILES string of the molecule is Nc1nc(COC(=O)c2ccccc2Br)nc(Nc2ccc(Cl)cc2)n1. The van der Waals surface area contributed by atoms with E-state index in [1.807, 2.05) is 6.07 Å². The van der Waals surface area contributed by atoms with E-state index in [4.69, 9.17) is 22.1 Å². The third kappa shape index (κ3) is 4.68. The number of hydrogen-bond acceptors (Lipinski definition) is 7. The molecule has 0 saturated heterocycles. The predicted octanol–water partition coefficient (Wildman–Crippen LogP) is 3.97. The number of benzene rings is 2. The Morgan fingerprint density at radius 1 is 1.12 bits per heavy atom. The van der Waals surface area contributed by atoms with Gasteiger partial charge in [0.2, 0.25) is 11.9 Å². The number of anilines is 3. The van der Waals surface area contributed by atoms with Crippen molar-refractivity contribution < 1.29 is 9.53 Å². The number of nitrogens with zero attached hydrogens (tertiary/aromatic N) is 3. The van der Waals surface area contributed by atoms with Gasteiger partial charge < -0.3 is 15.8 Å². The lowest BCUT2D eigenvalue weighted by Gasteiger charge is -2.08. The molecule has 9 heteroatoms. The van der Waals surface area contributed by atoms with Crippen LogP contribution in [0.25, 0.3) is 0 Å². The van der Waals surface area contributed by atoms with Crippen molar-refractivity contribution in [3.8, 4) is 0 Å². The summed E-state index contributed by atoms with van der Waals surface area (Å²) in [6.07, 6.45) is 0. The van der Waals surface area contributed by atoms with Crippen molar-refractivity contribution in [3.05, 3.63) is 69.4 Å². The lowest BCUT2D eigenvalue weighted by Crippen LogP contribution is -2.11. The van der Waals surface area contributed by atoms with Crippen molar-refractivity contribution in [2.24, 2.45) is 0 Å². The largest absolute Gasteiger partial charge is 0.454 e. The zero-order chi connectivity index (χ0) is 18.5. The first-order chi connectivity index (χ1) is 12.5. The number of nitrogens with one attached hydrogen (secondary N) is 1. The summed E-state index contributed by atoms with van der Waals surface area (Å²) in [5, 5.41) is 3.61. The first-order valence-electron chi connectivity index (χ1n) is 7.46. The molecule has 0 spiro atoms. The first kappa shape index (κ1) is 18.1. The number of carbonyl (C=O) groups excluding carboxylic acids is 1. The maximum Gasteiger partial charge on any atom is 0.339 e. The van der Waals surface area contributed by atoms with Crippen molar-refractivity contribution in [2.75, 3.05) is 11.1 Å². The highest BCUT2D eigenvalue weighted by atomic mass is 79.9. The van der Waals surface area contributed by atoms with Gasteiger partial charge in [0, 0.05) is 15.2 Å². The van der Waals surface area contributed by atoms with Gasteiger partial charge in [-0.3, -0.25) is 0 Å². The van der Waals surface area contributed by atoms with Crippen LogP contribution in [0.5, 0.6) is 0 Å². The van der Waals surface area contributed by atoms with E-state index in [9.17, 15) is 4.79 Å². The van der Waals surface area contributed by atoms with E-state index < -0.39 is 5.97 Å². The van der Waals surface area contributed by atoms with E-state index in [0.29, 0.717) is 15.1 Å². The summed E-state index contributed by atoms with van der Waals surface area (Å²) in [6.45, 7) is -0.137. The molecule has 26 heavy (non-hydrogen) atoms. The minimum absolute atomic E-state index is 0.0170. The Labute approximate surface area is 162 Å². The molecule has 1 heterocycles. The van der Waals surface area contributed by atoms with Gasteiger partial charge in [-0.05, 0) is 52.3 Å². The van der Waals surface area contributed by atoms with Gasteiger partial charge in [0.05, 0.1) is 5.56 Å². The fourth-order valence-corrected chi connectivity index (χ4v) is 2.63. The molecule has 0 unspecified atom stereocenters. The van der Waals surface area contributed by atoms with E-state index in [-0.39, 0.29) is 24.3 Å². The van der Waals surface area contributed by atoms with E-state index in [2.05, 4.69) is 36.2 Å². The summed E-state index contributed by atoms with van der Waals surface area (Å²) >= 11 is 9.16. The van der Waals surface area contributed by atoms with Crippen molar-refractivity contribution >= 4 is 51.1 Å². The summed E-state index contributed by atoms with van der Waals surface area (Å²) < 4.78 is 5.89. The molecule has 0 atom stereocenters. The van der Waals surface area contributed by atoms with Crippen LogP contribution in [0.15, 0.2) is 53.0 Å². The predicted molar refractivity (Wildman–Crippen MR) is 102 cm³/mol. The van der Waals surface area contributed by atoms with Gasteiger partial charge in [-0.15, -0.1) is 0 Å². The number of nitrogen functional groups attached to an aromatic ring is 1. The second-order valence-electron chi connectivity index (χ2n) is 5.12. The maximum absolute atomic E-state index is 12.1. The van der Waals surface area contributed by atoms with Gasteiger partial charge in [-0.2, -0.15) is 15.0 Å². The van der Waals surface area contributed by atoms with Gasteiger partial charge in [0.25, 0.3) is 0 Å². The number of hydrogen-bond donors (Lipinski definition) is 2. The number of nitrogens with two attached hydrogens (primary N) is 1. The van der Waals surface area contributed by atoms with Gasteiger partial charge in [-0.25, -0.2) is 4.79 Å². The lowest BCUT2D eigenvalue weighted by atomic mass is 10.2. The van der Waals surface area contributed by atoms with Gasteiger partial charge in [0.15, 0.2) is 12.4 Å². The molecule has 1 aromatic heterocycles. The Kier molecular flexibility index (Phi) is 5.65. The molecule has 0 aliphatic heterocycles. The second-order valence-corrected chi connectivity index (χ2v) is 6.41. The lowest BCUT2D eigenvalue weighted by molar-refractivity contribution is 0.0461. The Balaban J connectivity index is 1.70. The molecule has 0 aliphatic carbocycles. The molecule has 3 aromatic rings. The van der Waals surface area contributed by atoms with Crippen LogP contribution in [0.2, 0.25) is 5.02 Å². The Morgan fingerprint density at radius 3 is 2.58 bits per heavy atom. The van der Waals surface area contributed by atoms with Crippen molar-refractivity contribution in [1.82, 2.24) is 15.0 Å². The van der Waals surface area contributed by atoms with E-state index in [1.165, 1.54) is 0 Å². The molecule has 0 bridgehead atoms. The zero-order valence-electron chi connectivity index (χ0n) is 13.3. The molecule has 0 radical (unpaired) electrons. The highest BCUT2D eigenvalue weighted by molar-refractivity contribution is 9.10. The highest BCUT2D eigenvalue weighted by Gasteiger charge is 2.13. The van der Waals surface area contributed by atoms with Crippen molar-refractivity contribution in [3.63, 3.8) is 0 Å². The summed E-state index contributed by atoms with van der Waals surface area (Å²) in [5.74, 6) is -0.00629. The Morgan fingerprint density at radius 2 is 1.85 bits per heavy atom. The first-order valence-corrected chi connectivity index (χ1v) is 8.63. The fourth-order valence-electron chi connectivity index (χ4n) is 2.06. The smallest absolute Gasteiger partial charge is 0.339 e. The minimum atomic E-state index is -0.497. The van der Waals surface area contributed by atoms with E-state index in [0.717, 1.165) is 5.69 Å². The average molecular weight is 435 g/mol. The molecular formula is C17H13BrClN5O2. The van der Waals surface area contributed by atoms with Gasteiger partial charge in [-0.1, -0.05) is 23.7 Å².